The minimum atomic E-state index is -0.235. The van der Waals surface area contributed by atoms with Crippen molar-refractivity contribution in [2.75, 3.05) is 18.0 Å². The lowest BCUT2D eigenvalue weighted by Gasteiger charge is -2.36. The van der Waals surface area contributed by atoms with E-state index in [0.717, 1.165) is 25.1 Å². The molecular formula is C16H20N2O2. The highest BCUT2D eigenvalue weighted by Crippen LogP contribution is 2.28. The molecule has 1 aromatic carbocycles. The Kier molecular flexibility index (Phi) is 3.24. The fourth-order valence-electron chi connectivity index (χ4n) is 3.06. The van der Waals surface area contributed by atoms with Gasteiger partial charge < -0.3 is 9.80 Å². The molecule has 0 spiro atoms. The highest BCUT2D eigenvalue weighted by atomic mass is 16.2. The molecule has 2 heterocycles. The maximum absolute atomic E-state index is 12.5. The summed E-state index contributed by atoms with van der Waals surface area (Å²) < 4.78 is 0. The van der Waals surface area contributed by atoms with Crippen LogP contribution in [0.1, 0.15) is 38.2 Å². The first kappa shape index (κ1) is 13.2. The predicted octanol–water partition coefficient (Wildman–Crippen LogP) is 2.15. The average Bonchev–Trinajstić information content (AvgIpc) is 2.93. The zero-order chi connectivity index (χ0) is 14.3. The number of anilines is 1. The van der Waals surface area contributed by atoms with Gasteiger partial charge in [0, 0.05) is 12.2 Å². The Labute approximate surface area is 119 Å². The summed E-state index contributed by atoms with van der Waals surface area (Å²) >= 11 is 0. The van der Waals surface area contributed by atoms with Crippen LogP contribution in [-0.4, -0.2) is 35.8 Å². The first-order valence-corrected chi connectivity index (χ1v) is 7.28. The molecule has 0 N–H and O–H groups in total. The number of amides is 2. The molecule has 2 aliphatic heterocycles. The molecular weight excluding hydrogens is 252 g/mol. The first-order chi connectivity index (χ1) is 9.58. The number of hydrogen-bond acceptors (Lipinski definition) is 2. The number of piperazine rings is 1. The van der Waals surface area contributed by atoms with Gasteiger partial charge in [-0.15, -0.1) is 0 Å². The van der Waals surface area contributed by atoms with Gasteiger partial charge >= 0.3 is 0 Å². The van der Waals surface area contributed by atoms with Crippen molar-refractivity contribution in [3.8, 4) is 0 Å². The first-order valence-electron chi connectivity index (χ1n) is 7.28. The molecule has 3 rings (SSSR count). The lowest BCUT2D eigenvalue weighted by Crippen LogP contribution is -2.57. The molecule has 2 fully saturated rings. The van der Waals surface area contributed by atoms with E-state index in [0.29, 0.717) is 5.92 Å². The van der Waals surface area contributed by atoms with Crippen molar-refractivity contribution in [1.82, 2.24) is 4.90 Å². The fourth-order valence-corrected chi connectivity index (χ4v) is 3.06. The number of fused-ring (bicyclic) bond motifs is 1. The summed E-state index contributed by atoms with van der Waals surface area (Å²) in [6, 6.07) is 7.74. The van der Waals surface area contributed by atoms with Gasteiger partial charge in [-0.2, -0.15) is 0 Å². The third kappa shape index (κ3) is 2.09. The van der Waals surface area contributed by atoms with Crippen molar-refractivity contribution < 1.29 is 9.59 Å². The van der Waals surface area contributed by atoms with Crippen LogP contribution in [-0.2, 0) is 9.59 Å². The van der Waals surface area contributed by atoms with E-state index in [1.807, 2.05) is 24.3 Å². The van der Waals surface area contributed by atoms with Crippen LogP contribution in [0.4, 0.5) is 5.69 Å². The molecule has 0 aliphatic carbocycles. The summed E-state index contributed by atoms with van der Waals surface area (Å²) in [4.78, 5) is 28.0. The quantitative estimate of drug-likeness (QED) is 0.827. The molecule has 0 bridgehead atoms. The summed E-state index contributed by atoms with van der Waals surface area (Å²) in [6.07, 6.45) is 1.73. The molecule has 20 heavy (non-hydrogen) atoms. The highest BCUT2D eigenvalue weighted by Gasteiger charge is 2.42. The van der Waals surface area contributed by atoms with Crippen molar-refractivity contribution in [1.29, 1.82) is 0 Å². The van der Waals surface area contributed by atoms with Gasteiger partial charge in [0.05, 0.1) is 0 Å². The molecule has 4 nitrogen and oxygen atoms in total. The number of carbonyl (C=O) groups is 2. The lowest BCUT2D eigenvalue weighted by atomic mass is 10.0. The summed E-state index contributed by atoms with van der Waals surface area (Å²) in [5.74, 6) is 0.604. The molecule has 0 aromatic heterocycles. The lowest BCUT2D eigenvalue weighted by molar-refractivity contribution is -0.140. The van der Waals surface area contributed by atoms with Crippen molar-refractivity contribution in [2.45, 2.75) is 38.6 Å². The molecule has 2 saturated heterocycles. The van der Waals surface area contributed by atoms with Crippen molar-refractivity contribution in [2.24, 2.45) is 0 Å². The fraction of sp³-hybridized carbons (Fsp3) is 0.500. The Morgan fingerprint density at radius 3 is 2.50 bits per heavy atom. The second-order valence-corrected chi connectivity index (χ2v) is 5.92. The molecule has 0 saturated carbocycles. The third-order valence-corrected chi connectivity index (χ3v) is 4.29. The Morgan fingerprint density at radius 1 is 1.15 bits per heavy atom. The van der Waals surface area contributed by atoms with Crippen LogP contribution < -0.4 is 4.90 Å². The van der Waals surface area contributed by atoms with Gasteiger partial charge in [-0.25, -0.2) is 0 Å². The molecule has 4 heteroatoms. The molecule has 106 valence electrons. The van der Waals surface area contributed by atoms with Crippen LogP contribution in [0.2, 0.25) is 0 Å². The second kappa shape index (κ2) is 4.93. The van der Waals surface area contributed by atoms with E-state index in [1.165, 1.54) is 5.56 Å². The van der Waals surface area contributed by atoms with Gasteiger partial charge in [0.1, 0.15) is 12.6 Å². The molecule has 1 aromatic rings. The second-order valence-electron chi connectivity index (χ2n) is 5.92. The van der Waals surface area contributed by atoms with Gasteiger partial charge in [0.15, 0.2) is 0 Å². The number of rotatable bonds is 2. The van der Waals surface area contributed by atoms with Crippen LogP contribution in [0, 0.1) is 0 Å². The number of hydrogen-bond donors (Lipinski definition) is 0. The smallest absolute Gasteiger partial charge is 0.250 e. The van der Waals surface area contributed by atoms with Crippen molar-refractivity contribution in [3.63, 3.8) is 0 Å². The van der Waals surface area contributed by atoms with Crippen LogP contribution in [0.5, 0.6) is 0 Å². The predicted molar refractivity (Wildman–Crippen MR) is 77.6 cm³/mol. The van der Waals surface area contributed by atoms with Crippen LogP contribution in [0.3, 0.4) is 0 Å². The summed E-state index contributed by atoms with van der Waals surface area (Å²) in [6.45, 7) is 5.19. The van der Waals surface area contributed by atoms with E-state index in [2.05, 4.69) is 13.8 Å². The topological polar surface area (TPSA) is 40.6 Å². The third-order valence-electron chi connectivity index (χ3n) is 4.29. The van der Waals surface area contributed by atoms with Gasteiger partial charge in [-0.1, -0.05) is 26.0 Å². The Bertz CT molecular complexity index is 536. The maximum atomic E-state index is 12.5. The number of nitrogens with zero attached hydrogens (tertiary/aromatic N) is 2. The Hall–Kier alpha value is -1.84. The van der Waals surface area contributed by atoms with E-state index < -0.39 is 0 Å². The standard InChI is InChI=1S/C16H20N2O2/c1-11(2)12-5-7-13(8-6-12)18-10-15(19)17-9-3-4-14(17)16(18)20/h5-8,11,14H,3-4,9-10H2,1-2H3. The summed E-state index contributed by atoms with van der Waals surface area (Å²) in [7, 11) is 0. The van der Waals surface area contributed by atoms with Gasteiger partial charge in [-0.05, 0) is 36.5 Å². The molecule has 2 amide bonds. The SMILES string of the molecule is CC(C)c1ccc(N2CC(=O)N3CCCC3C2=O)cc1. The normalized spacial score (nSPS) is 22.6. The monoisotopic (exact) mass is 272 g/mol. The number of carbonyl (C=O) groups excluding carboxylic acids is 2. The minimum absolute atomic E-state index is 0.0689. The zero-order valence-electron chi connectivity index (χ0n) is 12.0. The van der Waals surface area contributed by atoms with E-state index in [9.17, 15) is 9.59 Å². The summed E-state index contributed by atoms with van der Waals surface area (Å²) in [5, 5.41) is 0. The Morgan fingerprint density at radius 2 is 1.85 bits per heavy atom. The Balaban J connectivity index is 1.86. The van der Waals surface area contributed by atoms with E-state index in [-0.39, 0.29) is 24.4 Å². The summed E-state index contributed by atoms with van der Waals surface area (Å²) in [5.41, 5.74) is 2.08. The van der Waals surface area contributed by atoms with Crippen molar-refractivity contribution in [3.05, 3.63) is 29.8 Å². The van der Waals surface area contributed by atoms with Crippen LogP contribution in [0.25, 0.3) is 0 Å². The van der Waals surface area contributed by atoms with Gasteiger partial charge in [-0.3, -0.25) is 9.59 Å². The van der Waals surface area contributed by atoms with Gasteiger partial charge in [0.25, 0.3) is 0 Å². The minimum Gasteiger partial charge on any atom is -0.329 e. The van der Waals surface area contributed by atoms with E-state index >= 15 is 0 Å². The van der Waals surface area contributed by atoms with Gasteiger partial charge in [0.2, 0.25) is 11.8 Å². The van der Waals surface area contributed by atoms with Crippen molar-refractivity contribution >= 4 is 17.5 Å². The van der Waals surface area contributed by atoms with Crippen LogP contribution >= 0.6 is 0 Å². The molecule has 2 aliphatic rings. The molecule has 1 unspecified atom stereocenters. The highest BCUT2D eigenvalue weighted by molar-refractivity contribution is 6.06. The van der Waals surface area contributed by atoms with E-state index in [4.69, 9.17) is 0 Å². The molecule has 0 radical (unpaired) electrons. The zero-order valence-corrected chi connectivity index (χ0v) is 12.0. The maximum Gasteiger partial charge on any atom is 0.250 e. The largest absolute Gasteiger partial charge is 0.329 e. The van der Waals surface area contributed by atoms with E-state index in [1.54, 1.807) is 9.80 Å². The van der Waals surface area contributed by atoms with Crippen LogP contribution in [0.15, 0.2) is 24.3 Å². The number of benzene rings is 1. The average molecular weight is 272 g/mol. The molecule has 1 atom stereocenters.